The molecule has 0 atom stereocenters. The molecule has 0 saturated heterocycles. The molecule has 2 heteroatoms. The van der Waals surface area contributed by atoms with Crippen LogP contribution >= 0.6 is 0 Å². The van der Waals surface area contributed by atoms with Crippen molar-refractivity contribution in [2.24, 2.45) is 0 Å². The molecule has 2 nitrogen and oxygen atoms in total. The van der Waals surface area contributed by atoms with Crippen LogP contribution in [0.4, 0.5) is 0 Å². The van der Waals surface area contributed by atoms with Gasteiger partial charge in [-0.3, -0.25) is 0 Å². The molecule has 0 spiro atoms. The quantitative estimate of drug-likeness (QED) is 0.448. The standard InChI is InChI=1S/C6H12O2/c1-2-3-5-8-6-4-7/h4,6-7H,2-3,5H2,1H3/b6-4+. The molecule has 0 aliphatic rings. The van der Waals surface area contributed by atoms with Crippen molar-refractivity contribution in [3.8, 4) is 0 Å². The van der Waals surface area contributed by atoms with E-state index < -0.39 is 0 Å². The van der Waals surface area contributed by atoms with Crippen LogP contribution in [0, 0.1) is 0 Å². The van der Waals surface area contributed by atoms with Crippen molar-refractivity contribution in [3.63, 3.8) is 0 Å². The van der Waals surface area contributed by atoms with Gasteiger partial charge in [-0.05, 0) is 6.42 Å². The van der Waals surface area contributed by atoms with E-state index in [0.29, 0.717) is 6.61 Å². The van der Waals surface area contributed by atoms with E-state index in [2.05, 4.69) is 6.92 Å². The number of aliphatic hydroxyl groups is 1. The largest absolute Gasteiger partial charge is 0.512 e. The van der Waals surface area contributed by atoms with E-state index in [4.69, 9.17) is 9.84 Å². The molecule has 48 valence electrons. The summed E-state index contributed by atoms with van der Waals surface area (Å²) in [5, 5.41) is 8.06. The lowest BCUT2D eigenvalue weighted by Crippen LogP contribution is -1.84. The average molecular weight is 116 g/mol. The average Bonchev–Trinajstić information content (AvgIpc) is 1.81. The van der Waals surface area contributed by atoms with Gasteiger partial charge in [0.1, 0.15) is 12.5 Å². The van der Waals surface area contributed by atoms with Crippen LogP contribution in [0.5, 0.6) is 0 Å². The molecule has 8 heavy (non-hydrogen) atoms. The first-order valence-corrected chi connectivity index (χ1v) is 2.82. The predicted molar refractivity (Wildman–Crippen MR) is 32.6 cm³/mol. The van der Waals surface area contributed by atoms with Gasteiger partial charge in [0.2, 0.25) is 0 Å². The Hall–Kier alpha value is -0.660. The van der Waals surface area contributed by atoms with E-state index in [1.165, 1.54) is 6.26 Å². The smallest absolute Gasteiger partial charge is 0.117 e. The first-order chi connectivity index (χ1) is 3.91. The molecule has 0 aliphatic heterocycles. The zero-order valence-corrected chi connectivity index (χ0v) is 5.13. The Morgan fingerprint density at radius 3 is 2.88 bits per heavy atom. The second-order valence-electron chi connectivity index (χ2n) is 1.51. The van der Waals surface area contributed by atoms with E-state index in [1.54, 1.807) is 0 Å². The molecule has 0 heterocycles. The van der Waals surface area contributed by atoms with Gasteiger partial charge in [-0.15, -0.1) is 0 Å². The van der Waals surface area contributed by atoms with Crippen LogP contribution in [-0.2, 0) is 4.74 Å². The summed E-state index contributed by atoms with van der Waals surface area (Å²) in [6.45, 7) is 2.79. The monoisotopic (exact) mass is 116 g/mol. The summed E-state index contributed by atoms with van der Waals surface area (Å²) >= 11 is 0. The fourth-order valence-electron chi connectivity index (χ4n) is 0.339. The molecule has 0 aromatic carbocycles. The van der Waals surface area contributed by atoms with E-state index in [0.717, 1.165) is 19.1 Å². The lowest BCUT2D eigenvalue weighted by molar-refractivity contribution is 0.233. The highest BCUT2D eigenvalue weighted by molar-refractivity contribution is 4.56. The van der Waals surface area contributed by atoms with Crippen LogP contribution in [0.15, 0.2) is 12.5 Å². The van der Waals surface area contributed by atoms with Crippen molar-refractivity contribution in [2.75, 3.05) is 6.61 Å². The third kappa shape index (κ3) is 5.34. The first kappa shape index (κ1) is 7.34. The molecule has 0 amide bonds. The van der Waals surface area contributed by atoms with Crippen molar-refractivity contribution in [1.29, 1.82) is 0 Å². The highest BCUT2D eigenvalue weighted by atomic mass is 16.5. The fourth-order valence-corrected chi connectivity index (χ4v) is 0.339. The highest BCUT2D eigenvalue weighted by Crippen LogP contribution is 1.86. The minimum Gasteiger partial charge on any atom is -0.512 e. The van der Waals surface area contributed by atoms with Gasteiger partial charge in [-0.1, -0.05) is 13.3 Å². The summed E-state index contributed by atoms with van der Waals surface area (Å²) in [4.78, 5) is 0. The molecule has 0 saturated carbocycles. The molecule has 0 bridgehead atoms. The maximum Gasteiger partial charge on any atom is 0.117 e. The van der Waals surface area contributed by atoms with Crippen molar-refractivity contribution >= 4 is 0 Å². The van der Waals surface area contributed by atoms with Crippen molar-refractivity contribution in [1.82, 2.24) is 0 Å². The Kier molecular flexibility index (Phi) is 5.82. The van der Waals surface area contributed by atoms with Gasteiger partial charge in [-0.2, -0.15) is 0 Å². The Balaban J connectivity index is 2.72. The van der Waals surface area contributed by atoms with Gasteiger partial charge in [0.05, 0.1) is 6.61 Å². The molecule has 0 aliphatic carbocycles. The lowest BCUT2D eigenvalue weighted by Gasteiger charge is -1.94. The van der Waals surface area contributed by atoms with E-state index in [-0.39, 0.29) is 0 Å². The topological polar surface area (TPSA) is 29.5 Å². The molecule has 0 aromatic heterocycles. The second-order valence-corrected chi connectivity index (χ2v) is 1.51. The number of ether oxygens (including phenoxy) is 1. The minimum absolute atomic E-state index is 0.702. The normalized spacial score (nSPS) is 10.1. The van der Waals surface area contributed by atoms with Gasteiger partial charge in [0, 0.05) is 0 Å². The van der Waals surface area contributed by atoms with E-state index in [9.17, 15) is 0 Å². The summed E-state index contributed by atoms with van der Waals surface area (Å²) in [6, 6.07) is 0. The Labute approximate surface area is 49.8 Å². The van der Waals surface area contributed by atoms with Gasteiger partial charge >= 0.3 is 0 Å². The third-order valence-electron chi connectivity index (χ3n) is 0.773. The van der Waals surface area contributed by atoms with Crippen LogP contribution in [0.25, 0.3) is 0 Å². The maximum atomic E-state index is 8.06. The second kappa shape index (κ2) is 6.34. The maximum absolute atomic E-state index is 8.06. The predicted octanol–water partition coefficient (Wildman–Crippen LogP) is 1.83. The van der Waals surface area contributed by atoms with Gasteiger partial charge < -0.3 is 9.84 Å². The van der Waals surface area contributed by atoms with Crippen LogP contribution in [-0.4, -0.2) is 11.7 Å². The van der Waals surface area contributed by atoms with Crippen LogP contribution < -0.4 is 0 Å². The molecule has 0 fully saturated rings. The van der Waals surface area contributed by atoms with Crippen molar-refractivity contribution in [3.05, 3.63) is 12.5 Å². The third-order valence-corrected chi connectivity index (χ3v) is 0.773. The molecule has 0 unspecified atom stereocenters. The molecule has 0 radical (unpaired) electrons. The van der Waals surface area contributed by atoms with E-state index in [1.807, 2.05) is 0 Å². The number of hydrogen-bond donors (Lipinski definition) is 1. The molecule has 0 rings (SSSR count). The molecule has 0 aromatic rings. The Morgan fingerprint density at radius 2 is 2.38 bits per heavy atom. The van der Waals surface area contributed by atoms with Crippen molar-refractivity contribution < 1.29 is 9.84 Å². The molecular weight excluding hydrogens is 104 g/mol. The van der Waals surface area contributed by atoms with E-state index >= 15 is 0 Å². The van der Waals surface area contributed by atoms with Gasteiger partial charge in [-0.25, -0.2) is 0 Å². The number of rotatable bonds is 4. The highest BCUT2D eigenvalue weighted by Gasteiger charge is 1.77. The zero-order chi connectivity index (χ0) is 6.24. The summed E-state index contributed by atoms with van der Waals surface area (Å²) in [5.74, 6) is 0. The Morgan fingerprint density at radius 1 is 1.62 bits per heavy atom. The zero-order valence-electron chi connectivity index (χ0n) is 5.13. The number of hydrogen-bond acceptors (Lipinski definition) is 2. The minimum atomic E-state index is 0.702. The Bertz CT molecular complexity index is 59.5. The van der Waals surface area contributed by atoms with Crippen molar-refractivity contribution in [2.45, 2.75) is 19.8 Å². The summed E-state index contributed by atoms with van der Waals surface area (Å²) < 4.78 is 4.79. The molecular formula is C6H12O2. The summed E-state index contributed by atoms with van der Waals surface area (Å²) in [5.41, 5.74) is 0. The number of unbranched alkanes of at least 4 members (excludes halogenated alkanes) is 1. The lowest BCUT2D eigenvalue weighted by atomic mass is 10.4. The summed E-state index contributed by atoms with van der Waals surface area (Å²) in [7, 11) is 0. The van der Waals surface area contributed by atoms with Gasteiger partial charge in [0.25, 0.3) is 0 Å². The fraction of sp³-hybridized carbons (Fsp3) is 0.667. The number of aliphatic hydroxyl groups excluding tert-OH is 1. The van der Waals surface area contributed by atoms with Crippen LogP contribution in [0.2, 0.25) is 0 Å². The van der Waals surface area contributed by atoms with Crippen LogP contribution in [0.1, 0.15) is 19.8 Å². The SMILES string of the molecule is CCCCO/C=C/O. The molecule has 1 N–H and O–H groups in total. The first-order valence-electron chi connectivity index (χ1n) is 2.82. The summed E-state index contributed by atoms with van der Waals surface area (Å²) in [6.07, 6.45) is 4.36. The van der Waals surface area contributed by atoms with Crippen LogP contribution in [0.3, 0.4) is 0 Å². The van der Waals surface area contributed by atoms with Gasteiger partial charge in [0.15, 0.2) is 0 Å².